The molecule has 0 saturated heterocycles. The molecule has 2 amide bonds. The van der Waals surface area contributed by atoms with Crippen LogP contribution in [-0.2, 0) is 6.42 Å². The minimum atomic E-state index is -0.314. The molecule has 0 atom stereocenters. The van der Waals surface area contributed by atoms with E-state index >= 15 is 0 Å². The van der Waals surface area contributed by atoms with Crippen LogP contribution in [0.4, 0.5) is 5.69 Å². The molecule has 7 heteroatoms. The number of furan rings is 1. The smallest absolute Gasteiger partial charge is 0.291 e. The number of rotatable bonds is 5. The number of amides is 2. The average molecular weight is 446 g/mol. The Morgan fingerprint density at radius 1 is 1.00 bits per heavy atom. The monoisotopic (exact) mass is 445 g/mol. The second-order valence-electron chi connectivity index (χ2n) is 8.21. The summed E-state index contributed by atoms with van der Waals surface area (Å²) in [5, 5.41) is 7.34. The second-order valence-corrected chi connectivity index (χ2v) is 8.21. The summed E-state index contributed by atoms with van der Waals surface area (Å²) in [6, 6.07) is 12.7. The first-order valence-corrected chi connectivity index (χ1v) is 10.9. The van der Waals surface area contributed by atoms with E-state index in [1.165, 1.54) is 0 Å². The van der Waals surface area contributed by atoms with Crippen molar-refractivity contribution in [3.63, 3.8) is 0 Å². The molecule has 0 unspecified atom stereocenters. The van der Waals surface area contributed by atoms with E-state index in [1.807, 2.05) is 39.0 Å². The van der Waals surface area contributed by atoms with Crippen LogP contribution in [0.3, 0.4) is 0 Å². The van der Waals surface area contributed by atoms with Crippen molar-refractivity contribution < 1.29 is 18.7 Å². The van der Waals surface area contributed by atoms with Crippen molar-refractivity contribution in [1.29, 1.82) is 0 Å². The highest BCUT2D eigenvalue weighted by Gasteiger charge is 2.28. The maximum absolute atomic E-state index is 13.0. The number of methoxy groups -OCH3 is 1. The van der Waals surface area contributed by atoms with E-state index < -0.39 is 0 Å². The van der Waals surface area contributed by atoms with E-state index in [2.05, 4.69) is 15.8 Å². The van der Waals surface area contributed by atoms with Crippen LogP contribution in [0, 0.1) is 20.8 Å². The summed E-state index contributed by atoms with van der Waals surface area (Å²) in [7, 11) is 1.57. The van der Waals surface area contributed by atoms with Gasteiger partial charge in [-0.1, -0.05) is 12.1 Å². The van der Waals surface area contributed by atoms with Crippen molar-refractivity contribution in [1.82, 2.24) is 5.43 Å². The number of nitrogens with zero attached hydrogens (tertiary/aromatic N) is 1. The molecule has 2 N–H and O–H groups in total. The fourth-order valence-corrected chi connectivity index (χ4v) is 3.97. The lowest BCUT2D eigenvalue weighted by molar-refractivity contribution is 0.0953. The number of carbonyl (C=O) groups is 2. The van der Waals surface area contributed by atoms with Gasteiger partial charge in [0.15, 0.2) is 5.76 Å². The van der Waals surface area contributed by atoms with Gasteiger partial charge in [-0.2, -0.15) is 5.10 Å². The van der Waals surface area contributed by atoms with Crippen LogP contribution in [0.15, 0.2) is 52.0 Å². The summed E-state index contributed by atoms with van der Waals surface area (Å²) < 4.78 is 11.1. The Hall–Kier alpha value is -3.87. The van der Waals surface area contributed by atoms with Crippen LogP contribution in [0.1, 0.15) is 61.8 Å². The lowest BCUT2D eigenvalue weighted by Crippen LogP contribution is -2.22. The molecule has 4 rings (SSSR count). The van der Waals surface area contributed by atoms with E-state index in [0.717, 1.165) is 46.5 Å². The van der Waals surface area contributed by atoms with Gasteiger partial charge in [-0.25, -0.2) is 5.43 Å². The molecule has 3 aromatic rings. The molecule has 0 fully saturated rings. The number of ether oxygens (including phenoxy) is 1. The number of anilines is 1. The van der Waals surface area contributed by atoms with E-state index in [9.17, 15) is 9.59 Å². The zero-order valence-electron chi connectivity index (χ0n) is 19.2. The normalized spacial score (nSPS) is 14.0. The summed E-state index contributed by atoms with van der Waals surface area (Å²) in [5.74, 6) is 1.07. The summed E-state index contributed by atoms with van der Waals surface area (Å²) >= 11 is 0. The molecule has 1 aromatic heterocycles. The van der Waals surface area contributed by atoms with Gasteiger partial charge in [0.05, 0.1) is 12.8 Å². The molecular weight excluding hydrogens is 418 g/mol. The SMILES string of the molecule is COc1ccc(C(=O)N/N=C2\CCCc3oc(C(=O)Nc4cc(C)ccc4C)c(C)c32)cc1. The van der Waals surface area contributed by atoms with Gasteiger partial charge in [0.2, 0.25) is 0 Å². The summed E-state index contributed by atoms with van der Waals surface area (Å²) in [4.78, 5) is 25.5. The van der Waals surface area contributed by atoms with Gasteiger partial charge in [0.1, 0.15) is 11.5 Å². The summed E-state index contributed by atoms with van der Waals surface area (Å²) in [5.41, 5.74) is 8.16. The van der Waals surface area contributed by atoms with Crippen molar-refractivity contribution in [3.05, 3.63) is 81.8 Å². The number of benzene rings is 2. The molecule has 170 valence electrons. The third-order valence-electron chi connectivity index (χ3n) is 5.82. The predicted octanol–water partition coefficient (Wildman–Crippen LogP) is 4.94. The van der Waals surface area contributed by atoms with Crippen molar-refractivity contribution in [2.45, 2.75) is 40.0 Å². The second kappa shape index (κ2) is 9.32. The van der Waals surface area contributed by atoms with Crippen LogP contribution in [-0.4, -0.2) is 24.6 Å². The lowest BCUT2D eigenvalue weighted by Gasteiger charge is -2.13. The molecular formula is C26H27N3O4. The van der Waals surface area contributed by atoms with Gasteiger partial charge in [-0.3, -0.25) is 9.59 Å². The van der Waals surface area contributed by atoms with Gasteiger partial charge in [0, 0.05) is 28.8 Å². The van der Waals surface area contributed by atoms with Crippen molar-refractivity contribution in [3.8, 4) is 5.75 Å². The molecule has 0 bridgehead atoms. The number of hydrogen-bond donors (Lipinski definition) is 2. The number of hydrogen-bond acceptors (Lipinski definition) is 5. The average Bonchev–Trinajstić information content (AvgIpc) is 3.17. The first kappa shape index (κ1) is 22.3. The maximum Gasteiger partial charge on any atom is 0.291 e. The van der Waals surface area contributed by atoms with Gasteiger partial charge >= 0.3 is 0 Å². The molecule has 1 aliphatic carbocycles. The number of carbonyl (C=O) groups excluding carboxylic acids is 2. The van der Waals surface area contributed by atoms with Crippen molar-refractivity contribution in [2.24, 2.45) is 5.10 Å². The van der Waals surface area contributed by atoms with Gasteiger partial charge in [-0.05, 0) is 75.1 Å². The van der Waals surface area contributed by atoms with Gasteiger partial charge < -0.3 is 14.5 Å². The van der Waals surface area contributed by atoms with Crippen LogP contribution >= 0.6 is 0 Å². The molecule has 0 radical (unpaired) electrons. The van der Waals surface area contributed by atoms with Crippen molar-refractivity contribution >= 4 is 23.2 Å². The molecule has 1 aliphatic rings. The highest BCUT2D eigenvalue weighted by atomic mass is 16.5. The predicted molar refractivity (Wildman–Crippen MR) is 127 cm³/mol. The molecule has 2 aromatic carbocycles. The Bertz CT molecular complexity index is 1240. The van der Waals surface area contributed by atoms with Gasteiger partial charge in [-0.15, -0.1) is 0 Å². The minimum absolute atomic E-state index is 0.275. The standard InChI is InChI=1S/C26H27N3O4/c1-15-8-9-16(2)21(14-15)27-26(31)24-17(3)23-20(6-5-7-22(23)33-24)28-29-25(30)18-10-12-19(32-4)13-11-18/h8-14H,5-7H2,1-4H3,(H,27,31)(H,29,30)/b28-20+. The molecule has 0 spiro atoms. The summed E-state index contributed by atoms with van der Waals surface area (Å²) in [6.45, 7) is 5.78. The van der Waals surface area contributed by atoms with E-state index in [0.29, 0.717) is 23.4 Å². The Kier molecular flexibility index (Phi) is 6.31. The van der Waals surface area contributed by atoms with E-state index in [4.69, 9.17) is 9.15 Å². The fraction of sp³-hybridized carbons (Fsp3) is 0.269. The Morgan fingerprint density at radius 3 is 2.48 bits per heavy atom. The Balaban J connectivity index is 1.56. The molecule has 33 heavy (non-hydrogen) atoms. The molecule has 1 heterocycles. The summed E-state index contributed by atoms with van der Waals surface area (Å²) in [6.07, 6.45) is 2.24. The quantitative estimate of drug-likeness (QED) is 0.544. The first-order chi connectivity index (χ1) is 15.9. The van der Waals surface area contributed by atoms with E-state index in [1.54, 1.807) is 31.4 Å². The highest BCUT2D eigenvalue weighted by molar-refractivity contribution is 6.09. The maximum atomic E-state index is 13.0. The first-order valence-electron chi connectivity index (χ1n) is 10.9. The molecule has 0 aliphatic heterocycles. The van der Waals surface area contributed by atoms with Crippen LogP contribution < -0.4 is 15.5 Å². The number of nitrogens with one attached hydrogen (secondary N) is 2. The van der Waals surface area contributed by atoms with Gasteiger partial charge in [0.25, 0.3) is 11.8 Å². The molecule has 0 saturated carbocycles. The lowest BCUT2D eigenvalue weighted by atomic mass is 9.93. The Labute approximate surface area is 192 Å². The zero-order valence-corrected chi connectivity index (χ0v) is 19.2. The van der Waals surface area contributed by atoms with Crippen LogP contribution in [0.5, 0.6) is 5.75 Å². The highest BCUT2D eigenvalue weighted by Crippen LogP contribution is 2.30. The van der Waals surface area contributed by atoms with Crippen LogP contribution in [0.25, 0.3) is 0 Å². The topological polar surface area (TPSA) is 92.9 Å². The zero-order chi connectivity index (χ0) is 23.5. The largest absolute Gasteiger partial charge is 0.497 e. The fourth-order valence-electron chi connectivity index (χ4n) is 3.97. The number of aryl methyl sites for hydroxylation is 3. The third-order valence-corrected chi connectivity index (χ3v) is 5.82. The minimum Gasteiger partial charge on any atom is -0.497 e. The number of hydrazone groups is 1. The van der Waals surface area contributed by atoms with E-state index in [-0.39, 0.29) is 17.6 Å². The van der Waals surface area contributed by atoms with Crippen molar-refractivity contribution in [2.75, 3.05) is 12.4 Å². The Morgan fingerprint density at radius 2 is 1.76 bits per heavy atom. The number of fused-ring (bicyclic) bond motifs is 1. The molecule has 7 nitrogen and oxygen atoms in total. The third kappa shape index (κ3) is 4.67. The van der Waals surface area contributed by atoms with Crippen LogP contribution in [0.2, 0.25) is 0 Å².